The minimum absolute atomic E-state index is 0.228. The van der Waals surface area contributed by atoms with Gasteiger partial charge < -0.3 is 10.4 Å². The zero-order valence-electron chi connectivity index (χ0n) is 10.4. The number of anilines is 1. The van der Waals surface area contributed by atoms with Gasteiger partial charge in [0.25, 0.3) is 5.91 Å². The normalized spacial score (nSPS) is 21.6. The summed E-state index contributed by atoms with van der Waals surface area (Å²) < 4.78 is 0. The number of rotatable bonds is 5. The van der Waals surface area contributed by atoms with Crippen LogP contribution >= 0.6 is 0 Å². The van der Waals surface area contributed by atoms with Crippen molar-refractivity contribution >= 4 is 17.4 Å². The van der Waals surface area contributed by atoms with Gasteiger partial charge in [-0.2, -0.15) is 0 Å². The molecule has 0 aliphatic carbocycles. The van der Waals surface area contributed by atoms with E-state index in [4.69, 9.17) is 0 Å². The monoisotopic (exact) mass is 247 g/mol. The Kier molecular flexibility index (Phi) is 3.48. The highest BCUT2D eigenvalue weighted by molar-refractivity contribution is 6.19. The lowest BCUT2D eigenvalue weighted by Crippen LogP contribution is -2.42. The number of unbranched alkanes of at least 4 members (excludes halogenated alkanes) is 2. The Labute approximate surface area is 106 Å². The van der Waals surface area contributed by atoms with Gasteiger partial charge in [-0.1, -0.05) is 38.0 Å². The van der Waals surface area contributed by atoms with Crippen molar-refractivity contribution < 1.29 is 14.7 Å². The van der Waals surface area contributed by atoms with Crippen molar-refractivity contribution in [1.29, 1.82) is 0 Å². The first-order chi connectivity index (χ1) is 8.60. The lowest BCUT2D eigenvalue weighted by atomic mass is 9.88. The van der Waals surface area contributed by atoms with Gasteiger partial charge in [-0.05, 0) is 12.5 Å². The Balaban J connectivity index is 2.24. The molecule has 1 aromatic carbocycles. The summed E-state index contributed by atoms with van der Waals surface area (Å²) >= 11 is 0. The first-order valence-electron chi connectivity index (χ1n) is 6.27. The molecule has 1 amide bonds. The zero-order chi connectivity index (χ0) is 13.2. The first-order valence-corrected chi connectivity index (χ1v) is 6.27. The Morgan fingerprint density at radius 2 is 2.06 bits per heavy atom. The zero-order valence-corrected chi connectivity index (χ0v) is 10.4. The summed E-state index contributed by atoms with van der Waals surface area (Å²) in [7, 11) is 0. The fourth-order valence-electron chi connectivity index (χ4n) is 2.24. The molecule has 0 spiro atoms. The average Bonchev–Trinajstić information content (AvgIpc) is 2.63. The van der Waals surface area contributed by atoms with Crippen LogP contribution in [0.2, 0.25) is 0 Å². The van der Waals surface area contributed by atoms with Crippen LogP contribution in [-0.4, -0.2) is 16.8 Å². The van der Waals surface area contributed by atoms with E-state index in [9.17, 15) is 14.7 Å². The van der Waals surface area contributed by atoms with Crippen molar-refractivity contribution in [3.05, 3.63) is 29.8 Å². The Hall–Kier alpha value is -1.68. The smallest absolute Gasteiger partial charge is 0.269 e. The van der Waals surface area contributed by atoms with E-state index in [2.05, 4.69) is 5.32 Å². The van der Waals surface area contributed by atoms with E-state index in [-0.39, 0.29) is 6.42 Å². The molecule has 2 rings (SSSR count). The highest BCUT2D eigenvalue weighted by Crippen LogP contribution is 2.37. The number of Topliss-reactive ketones (excluding diaryl/α,β-unsaturated/α-hetero) is 1. The lowest BCUT2D eigenvalue weighted by molar-refractivity contribution is -0.149. The van der Waals surface area contributed by atoms with Crippen molar-refractivity contribution in [3.8, 4) is 0 Å². The number of carbonyl (C=O) groups excluding carboxylic acids is 2. The van der Waals surface area contributed by atoms with E-state index in [0.29, 0.717) is 17.7 Å². The maximum atomic E-state index is 12.1. The molecule has 0 saturated heterocycles. The molecule has 1 aliphatic rings. The van der Waals surface area contributed by atoms with Gasteiger partial charge in [-0.25, -0.2) is 0 Å². The van der Waals surface area contributed by atoms with E-state index in [1.54, 1.807) is 24.3 Å². The number of nitrogens with one attached hydrogen (secondary N) is 1. The number of ketones is 1. The summed E-state index contributed by atoms with van der Waals surface area (Å²) in [6, 6.07) is 6.77. The molecule has 0 saturated carbocycles. The van der Waals surface area contributed by atoms with Crippen LogP contribution in [0.3, 0.4) is 0 Å². The van der Waals surface area contributed by atoms with Gasteiger partial charge >= 0.3 is 0 Å². The molecule has 4 heteroatoms. The predicted molar refractivity (Wildman–Crippen MR) is 68.1 cm³/mol. The van der Waals surface area contributed by atoms with E-state index >= 15 is 0 Å². The molecule has 4 nitrogen and oxygen atoms in total. The van der Waals surface area contributed by atoms with Gasteiger partial charge in [-0.15, -0.1) is 0 Å². The fourth-order valence-corrected chi connectivity index (χ4v) is 2.24. The minimum Gasteiger partial charge on any atom is -0.369 e. The number of aliphatic hydroxyl groups is 1. The maximum absolute atomic E-state index is 12.1. The molecular weight excluding hydrogens is 230 g/mol. The SMILES string of the molecule is CCCCCC(=O)C1(O)C(=O)Nc2ccccc21. The van der Waals surface area contributed by atoms with Crippen LogP contribution in [0.25, 0.3) is 0 Å². The summed E-state index contributed by atoms with van der Waals surface area (Å²) in [5.41, 5.74) is -1.10. The van der Waals surface area contributed by atoms with Gasteiger partial charge in [0.2, 0.25) is 5.60 Å². The van der Waals surface area contributed by atoms with Gasteiger partial charge in [-0.3, -0.25) is 9.59 Å². The number of para-hydroxylation sites is 1. The second-order valence-corrected chi connectivity index (χ2v) is 4.59. The van der Waals surface area contributed by atoms with Crippen LogP contribution in [0.15, 0.2) is 24.3 Å². The summed E-state index contributed by atoms with van der Waals surface area (Å²) in [6.07, 6.45) is 2.85. The number of hydrogen-bond acceptors (Lipinski definition) is 3. The van der Waals surface area contributed by atoms with E-state index in [0.717, 1.165) is 12.8 Å². The third-order valence-electron chi connectivity index (χ3n) is 3.30. The van der Waals surface area contributed by atoms with Crippen molar-refractivity contribution in [1.82, 2.24) is 0 Å². The number of carbonyl (C=O) groups is 2. The number of hydrogen-bond donors (Lipinski definition) is 2. The molecule has 0 radical (unpaired) electrons. The van der Waals surface area contributed by atoms with Gasteiger partial charge in [0.05, 0.1) is 0 Å². The molecule has 0 aromatic heterocycles. The third-order valence-corrected chi connectivity index (χ3v) is 3.30. The molecule has 0 fully saturated rings. The predicted octanol–water partition coefficient (Wildman–Crippen LogP) is 1.98. The molecule has 1 unspecified atom stereocenters. The van der Waals surface area contributed by atoms with Crippen LogP contribution in [0, 0.1) is 0 Å². The van der Waals surface area contributed by atoms with Crippen LogP contribution in [-0.2, 0) is 15.2 Å². The summed E-state index contributed by atoms with van der Waals surface area (Å²) in [5.74, 6) is -1.05. The molecule has 2 N–H and O–H groups in total. The highest BCUT2D eigenvalue weighted by Gasteiger charge is 2.50. The van der Waals surface area contributed by atoms with Gasteiger partial charge in [0.15, 0.2) is 5.78 Å². The van der Waals surface area contributed by atoms with E-state index < -0.39 is 17.3 Å². The van der Waals surface area contributed by atoms with Crippen LogP contribution in [0.4, 0.5) is 5.69 Å². The molecule has 1 heterocycles. The standard InChI is InChI=1S/C14H17NO3/c1-2-3-4-9-12(16)14(18)10-7-5-6-8-11(10)15-13(14)17/h5-8,18H,2-4,9H2,1H3,(H,15,17). The van der Waals surface area contributed by atoms with Gasteiger partial charge in [0, 0.05) is 17.7 Å². The Bertz CT molecular complexity index is 484. The molecule has 0 bridgehead atoms. The molecule has 1 atom stereocenters. The second kappa shape index (κ2) is 4.90. The summed E-state index contributed by atoms with van der Waals surface area (Å²) in [4.78, 5) is 23.9. The molecule has 1 aliphatic heterocycles. The quantitative estimate of drug-likeness (QED) is 0.617. The largest absolute Gasteiger partial charge is 0.369 e. The van der Waals surface area contributed by atoms with Crippen molar-refractivity contribution in [2.75, 3.05) is 5.32 Å². The second-order valence-electron chi connectivity index (χ2n) is 4.59. The number of fused-ring (bicyclic) bond motifs is 1. The number of benzene rings is 1. The Morgan fingerprint density at radius 3 is 2.78 bits per heavy atom. The minimum atomic E-state index is -2.00. The number of amides is 1. The summed E-state index contributed by atoms with van der Waals surface area (Å²) in [5, 5.41) is 13.0. The first kappa shape index (κ1) is 12.8. The van der Waals surface area contributed by atoms with Crippen molar-refractivity contribution in [3.63, 3.8) is 0 Å². The maximum Gasteiger partial charge on any atom is 0.269 e. The average molecular weight is 247 g/mol. The highest BCUT2D eigenvalue weighted by atomic mass is 16.3. The van der Waals surface area contributed by atoms with Crippen molar-refractivity contribution in [2.24, 2.45) is 0 Å². The molecule has 96 valence electrons. The van der Waals surface area contributed by atoms with Crippen LogP contribution < -0.4 is 5.32 Å². The lowest BCUT2D eigenvalue weighted by Gasteiger charge is -2.19. The van der Waals surface area contributed by atoms with Crippen LogP contribution in [0.1, 0.15) is 38.2 Å². The van der Waals surface area contributed by atoms with Crippen LogP contribution in [0.5, 0.6) is 0 Å². The molecule has 18 heavy (non-hydrogen) atoms. The van der Waals surface area contributed by atoms with E-state index in [1.165, 1.54) is 0 Å². The van der Waals surface area contributed by atoms with E-state index in [1.807, 2.05) is 6.92 Å². The molecule has 1 aromatic rings. The Morgan fingerprint density at radius 1 is 1.33 bits per heavy atom. The van der Waals surface area contributed by atoms with Gasteiger partial charge in [0.1, 0.15) is 0 Å². The fraction of sp³-hybridized carbons (Fsp3) is 0.429. The third kappa shape index (κ3) is 1.93. The summed E-state index contributed by atoms with van der Waals surface area (Å²) in [6.45, 7) is 2.04. The van der Waals surface area contributed by atoms with Crippen molar-refractivity contribution in [2.45, 2.75) is 38.2 Å². The molecular formula is C14H17NO3. The topological polar surface area (TPSA) is 66.4 Å².